The second kappa shape index (κ2) is 8.79. The molecule has 0 saturated carbocycles. The SMILES string of the molecule is COC(=O)[C@H](CC[S@](=O)c1ccccc1)NC(=O)[C@@H]1CCCO1. The van der Waals surface area contributed by atoms with Gasteiger partial charge in [-0.2, -0.15) is 0 Å². The fraction of sp³-hybridized carbons (Fsp3) is 0.500. The van der Waals surface area contributed by atoms with E-state index in [1.807, 2.05) is 18.2 Å². The fourth-order valence-electron chi connectivity index (χ4n) is 2.36. The van der Waals surface area contributed by atoms with Gasteiger partial charge in [0.2, 0.25) is 5.91 Å². The van der Waals surface area contributed by atoms with Crippen molar-refractivity contribution in [3.63, 3.8) is 0 Å². The van der Waals surface area contributed by atoms with E-state index in [0.29, 0.717) is 17.9 Å². The van der Waals surface area contributed by atoms with Crippen LogP contribution >= 0.6 is 0 Å². The first-order valence-corrected chi connectivity index (χ1v) is 8.87. The Morgan fingerprint density at radius 2 is 2.13 bits per heavy atom. The number of methoxy groups -OCH3 is 1. The van der Waals surface area contributed by atoms with E-state index in [1.54, 1.807) is 12.1 Å². The zero-order valence-electron chi connectivity index (χ0n) is 13.0. The minimum atomic E-state index is -1.23. The normalized spacial score (nSPS) is 19.8. The molecule has 6 nitrogen and oxygen atoms in total. The lowest BCUT2D eigenvalue weighted by Crippen LogP contribution is -2.46. The molecule has 1 aromatic carbocycles. The molecule has 1 aliphatic heterocycles. The molecule has 1 fully saturated rings. The number of rotatable bonds is 7. The van der Waals surface area contributed by atoms with Gasteiger partial charge in [0.05, 0.1) is 17.9 Å². The summed E-state index contributed by atoms with van der Waals surface area (Å²) in [7, 11) is 0.0360. The summed E-state index contributed by atoms with van der Waals surface area (Å²) in [6, 6.07) is 8.20. The number of carbonyl (C=O) groups is 2. The predicted molar refractivity (Wildman–Crippen MR) is 85.3 cm³/mol. The molecule has 0 aliphatic carbocycles. The number of ether oxygens (including phenoxy) is 2. The molecular weight excluding hydrogens is 318 g/mol. The summed E-state index contributed by atoms with van der Waals surface area (Å²) in [6.07, 6.45) is 1.21. The third kappa shape index (κ3) is 5.14. The third-order valence-electron chi connectivity index (χ3n) is 3.62. The monoisotopic (exact) mass is 339 g/mol. The first-order valence-electron chi connectivity index (χ1n) is 7.55. The van der Waals surface area contributed by atoms with Gasteiger partial charge in [0, 0.05) is 17.3 Å². The molecule has 0 spiro atoms. The summed E-state index contributed by atoms with van der Waals surface area (Å²) < 4.78 is 22.2. The van der Waals surface area contributed by atoms with Crippen molar-refractivity contribution in [1.29, 1.82) is 0 Å². The molecular formula is C16H21NO5S. The van der Waals surface area contributed by atoms with Crippen LogP contribution in [0.5, 0.6) is 0 Å². The number of hydrogen-bond acceptors (Lipinski definition) is 5. The number of esters is 1. The Labute approximate surface area is 138 Å². The molecule has 0 bridgehead atoms. The maximum Gasteiger partial charge on any atom is 0.328 e. The second-order valence-electron chi connectivity index (χ2n) is 5.24. The number of amides is 1. The van der Waals surface area contributed by atoms with Crippen LogP contribution in [0.25, 0.3) is 0 Å². The Bertz CT molecular complexity index is 557. The summed E-state index contributed by atoms with van der Waals surface area (Å²) in [5.74, 6) is -0.597. The van der Waals surface area contributed by atoms with Crippen LogP contribution in [-0.4, -0.2) is 47.7 Å². The molecule has 7 heteroatoms. The lowest BCUT2D eigenvalue weighted by molar-refractivity contribution is -0.146. The summed E-state index contributed by atoms with van der Waals surface area (Å²) in [5, 5.41) is 2.64. The largest absolute Gasteiger partial charge is 0.467 e. The molecule has 2 rings (SSSR count). The number of carbonyl (C=O) groups excluding carboxylic acids is 2. The van der Waals surface area contributed by atoms with Crippen LogP contribution in [0.3, 0.4) is 0 Å². The Morgan fingerprint density at radius 1 is 1.39 bits per heavy atom. The van der Waals surface area contributed by atoms with E-state index in [-0.39, 0.29) is 18.1 Å². The van der Waals surface area contributed by atoms with Crippen molar-refractivity contribution in [2.24, 2.45) is 0 Å². The summed E-state index contributed by atoms with van der Waals surface area (Å²) in [5.41, 5.74) is 0. The molecule has 0 radical (unpaired) electrons. The van der Waals surface area contributed by atoms with E-state index < -0.39 is 28.9 Å². The molecule has 1 aliphatic rings. The maximum absolute atomic E-state index is 12.2. The highest BCUT2D eigenvalue weighted by atomic mass is 32.2. The van der Waals surface area contributed by atoms with Gasteiger partial charge in [0.15, 0.2) is 0 Å². The van der Waals surface area contributed by atoms with E-state index >= 15 is 0 Å². The van der Waals surface area contributed by atoms with Gasteiger partial charge < -0.3 is 14.8 Å². The van der Waals surface area contributed by atoms with Crippen LogP contribution in [0.4, 0.5) is 0 Å². The Kier molecular flexibility index (Phi) is 6.73. The van der Waals surface area contributed by atoms with Gasteiger partial charge in [-0.3, -0.25) is 9.00 Å². The lowest BCUT2D eigenvalue weighted by Gasteiger charge is -2.18. The van der Waals surface area contributed by atoms with Crippen molar-refractivity contribution in [3.8, 4) is 0 Å². The molecule has 23 heavy (non-hydrogen) atoms. The van der Waals surface area contributed by atoms with Gasteiger partial charge in [-0.1, -0.05) is 18.2 Å². The summed E-state index contributed by atoms with van der Waals surface area (Å²) in [6.45, 7) is 0.555. The molecule has 126 valence electrons. The average molecular weight is 339 g/mol. The Morgan fingerprint density at radius 3 is 2.74 bits per heavy atom. The first-order chi connectivity index (χ1) is 11.1. The predicted octanol–water partition coefficient (Wildman–Crippen LogP) is 1.02. The van der Waals surface area contributed by atoms with Crippen LogP contribution in [-0.2, 0) is 29.9 Å². The van der Waals surface area contributed by atoms with E-state index in [9.17, 15) is 13.8 Å². The van der Waals surface area contributed by atoms with Gasteiger partial charge in [-0.15, -0.1) is 0 Å². The van der Waals surface area contributed by atoms with E-state index in [1.165, 1.54) is 7.11 Å². The average Bonchev–Trinajstić information content (AvgIpc) is 3.13. The van der Waals surface area contributed by atoms with Crippen LogP contribution in [0.2, 0.25) is 0 Å². The standard InChI is InChI=1S/C16H21NO5S/c1-21-16(19)13(17-15(18)14-8-5-10-22-14)9-11-23(20)12-6-3-2-4-7-12/h2-4,6-7,13-14H,5,8-11H2,1H3,(H,17,18)/t13-,14-,23-/m0/s1. The molecule has 1 saturated heterocycles. The van der Waals surface area contributed by atoms with E-state index in [2.05, 4.69) is 5.32 Å². The number of nitrogens with one attached hydrogen (secondary N) is 1. The van der Waals surface area contributed by atoms with Crippen LogP contribution in [0.15, 0.2) is 35.2 Å². The quantitative estimate of drug-likeness (QED) is 0.750. The smallest absolute Gasteiger partial charge is 0.328 e. The zero-order chi connectivity index (χ0) is 16.7. The zero-order valence-corrected chi connectivity index (χ0v) is 13.8. The topological polar surface area (TPSA) is 81.7 Å². The van der Waals surface area contributed by atoms with Gasteiger partial charge >= 0.3 is 5.97 Å². The summed E-state index contributed by atoms with van der Waals surface area (Å²) >= 11 is 0. The molecule has 0 unspecified atom stereocenters. The molecule has 0 aromatic heterocycles. The van der Waals surface area contributed by atoms with Crippen molar-refractivity contribution in [1.82, 2.24) is 5.32 Å². The van der Waals surface area contributed by atoms with Crippen molar-refractivity contribution in [2.45, 2.75) is 36.3 Å². The molecule has 1 aromatic rings. The maximum atomic E-state index is 12.2. The van der Waals surface area contributed by atoms with Crippen molar-refractivity contribution >= 4 is 22.7 Å². The van der Waals surface area contributed by atoms with Gasteiger partial charge in [-0.05, 0) is 31.4 Å². The molecule has 1 N–H and O–H groups in total. The summed E-state index contributed by atoms with van der Waals surface area (Å²) in [4.78, 5) is 24.6. The van der Waals surface area contributed by atoms with E-state index in [4.69, 9.17) is 9.47 Å². The first kappa shape index (κ1) is 17.6. The van der Waals surface area contributed by atoms with Crippen molar-refractivity contribution in [3.05, 3.63) is 30.3 Å². The Balaban J connectivity index is 1.91. The number of hydrogen-bond donors (Lipinski definition) is 1. The van der Waals surface area contributed by atoms with Gasteiger partial charge in [0.25, 0.3) is 0 Å². The Hall–Kier alpha value is -1.73. The van der Waals surface area contributed by atoms with Crippen LogP contribution < -0.4 is 5.32 Å². The number of benzene rings is 1. The third-order valence-corrected chi connectivity index (χ3v) is 5.03. The van der Waals surface area contributed by atoms with Gasteiger partial charge in [0.1, 0.15) is 12.1 Å². The lowest BCUT2D eigenvalue weighted by atomic mass is 10.2. The fourth-order valence-corrected chi connectivity index (χ4v) is 3.50. The van der Waals surface area contributed by atoms with Crippen LogP contribution in [0, 0.1) is 0 Å². The van der Waals surface area contributed by atoms with Crippen molar-refractivity contribution in [2.75, 3.05) is 19.5 Å². The van der Waals surface area contributed by atoms with Gasteiger partial charge in [-0.25, -0.2) is 4.79 Å². The van der Waals surface area contributed by atoms with Crippen molar-refractivity contribution < 1.29 is 23.3 Å². The molecule has 1 heterocycles. The second-order valence-corrected chi connectivity index (χ2v) is 6.81. The highest BCUT2D eigenvalue weighted by molar-refractivity contribution is 7.85. The minimum absolute atomic E-state index is 0.243. The van der Waals surface area contributed by atoms with Crippen LogP contribution in [0.1, 0.15) is 19.3 Å². The molecule has 3 atom stereocenters. The molecule has 1 amide bonds. The highest BCUT2D eigenvalue weighted by Crippen LogP contribution is 2.13. The van der Waals surface area contributed by atoms with E-state index in [0.717, 1.165) is 6.42 Å². The minimum Gasteiger partial charge on any atom is -0.467 e. The highest BCUT2D eigenvalue weighted by Gasteiger charge is 2.29.